The van der Waals surface area contributed by atoms with Gasteiger partial charge in [-0.3, -0.25) is 4.79 Å². The molecule has 0 aromatic heterocycles. The molecule has 1 saturated heterocycles. The summed E-state index contributed by atoms with van der Waals surface area (Å²) in [6.45, 7) is 3.39. The molecule has 0 unspecified atom stereocenters. The van der Waals surface area contributed by atoms with Crippen LogP contribution in [-0.4, -0.2) is 44.0 Å². The number of hydrogen-bond acceptors (Lipinski definition) is 5. The van der Waals surface area contributed by atoms with Crippen molar-refractivity contribution in [2.24, 2.45) is 0 Å². The summed E-state index contributed by atoms with van der Waals surface area (Å²) < 4.78 is 11.3. The van der Waals surface area contributed by atoms with Gasteiger partial charge in [-0.05, 0) is 44.1 Å². The molecule has 0 radical (unpaired) electrons. The first-order valence-electron chi connectivity index (χ1n) is 8.34. The molecule has 5 nitrogen and oxygen atoms in total. The van der Waals surface area contributed by atoms with Gasteiger partial charge in [0.25, 0.3) is 0 Å². The van der Waals surface area contributed by atoms with Crippen molar-refractivity contribution in [3.05, 3.63) is 18.2 Å². The average molecular weight is 373 g/mol. The van der Waals surface area contributed by atoms with Gasteiger partial charge in [0, 0.05) is 29.5 Å². The average Bonchev–Trinajstić information content (AvgIpc) is 2.80. The first-order chi connectivity index (χ1) is 11.3. The molecule has 3 rings (SSSR count). The van der Waals surface area contributed by atoms with Gasteiger partial charge in [-0.1, -0.05) is 0 Å². The van der Waals surface area contributed by atoms with Crippen molar-refractivity contribution < 1.29 is 14.3 Å². The van der Waals surface area contributed by atoms with Crippen molar-refractivity contribution in [2.45, 2.75) is 36.6 Å². The Balaban J connectivity index is 0.00000208. The lowest BCUT2D eigenvalue weighted by Gasteiger charge is -2.23. The summed E-state index contributed by atoms with van der Waals surface area (Å²) in [5.41, 5.74) is 0. The van der Waals surface area contributed by atoms with Crippen LogP contribution in [0.2, 0.25) is 0 Å². The Morgan fingerprint density at radius 3 is 2.75 bits per heavy atom. The molecule has 134 valence electrons. The number of hydrogen-bond donors (Lipinski definition) is 2. The highest BCUT2D eigenvalue weighted by Gasteiger charge is 2.15. The summed E-state index contributed by atoms with van der Waals surface area (Å²) in [7, 11) is 0. The summed E-state index contributed by atoms with van der Waals surface area (Å²) in [6, 6.07) is 6.34. The molecular formula is C17H25ClN2O3S. The van der Waals surface area contributed by atoms with Gasteiger partial charge >= 0.3 is 0 Å². The Morgan fingerprint density at radius 1 is 1.21 bits per heavy atom. The standard InChI is InChI=1S/C17H24N2O3S.ClH/c20-17(19-13-4-7-18-8-5-13)6-11-23-14-2-3-15-16(12-14)22-10-1-9-21-15;/h2-3,12-13,18H,1,4-11H2,(H,19,20);1H. The van der Waals surface area contributed by atoms with Crippen LogP contribution in [0.25, 0.3) is 0 Å². The SMILES string of the molecule is Cl.O=C(CCSc1ccc2c(c1)OCCCO2)NC1CCNCC1. The van der Waals surface area contributed by atoms with Crippen molar-refractivity contribution >= 4 is 30.1 Å². The topological polar surface area (TPSA) is 59.6 Å². The van der Waals surface area contributed by atoms with Gasteiger partial charge in [-0.25, -0.2) is 0 Å². The van der Waals surface area contributed by atoms with E-state index in [1.54, 1.807) is 11.8 Å². The van der Waals surface area contributed by atoms with Crippen LogP contribution in [0.15, 0.2) is 23.1 Å². The first-order valence-corrected chi connectivity index (χ1v) is 9.32. The Labute approximate surface area is 153 Å². The van der Waals surface area contributed by atoms with E-state index in [0.717, 1.165) is 54.5 Å². The monoisotopic (exact) mass is 372 g/mol. The fourth-order valence-corrected chi connectivity index (χ4v) is 3.64. The number of carbonyl (C=O) groups is 1. The van der Waals surface area contributed by atoms with Crippen LogP contribution in [0.5, 0.6) is 11.5 Å². The minimum Gasteiger partial charge on any atom is -0.490 e. The molecule has 2 aliphatic rings. The summed E-state index contributed by atoms with van der Waals surface area (Å²) in [4.78, 5) is 13.1. The van der Waals surface area contributed by atoms with Gasteiger partial charge < -0.3 is 20.1 Å². The third-order valence-electron chi connectivity index (χ3n) is 4.02. The maximum absolute atomic E-state index is 12.0. The number of amides is 1. The Morgan fingerprint density at radius 2 is 1.96 bits per heavy atom. The van der Waals surface area contributed by atoms with Crippen molar-refractivity contribution in [3.8, 4) is 11.5 Å². The molecule has 0 spiro atoms. The zero-order valence-electron chi connectivity index (χ0n) is 13.7. The Bertz CT molecular complexity index is 539. The molecular weight excluding hydrogens is 348 g/mol. The zero-order chi connectivity index (χ0) is 15.9. The molecule has 2 N–H and O–H groups in total. The summed E-state index contributed by atoms with van der Waals surface area (Å²) in [6.07, 6.45) is 3.51. The molecule has 0 saturated carbocycles. The number of thioether (sulfide) groups is 1. The fraction of sp³-hybridized carbons (Fsp3) is 0.588. The van der Waals surface area contributed by atoms with Crippen molar-refractivity contribution in [1.29, 1.82) is 0 Å². The van der Waals surface area contributed by atoms with Crippen molar-refractivity contribution in [3.63, 3.8) is 0 Å². The minimum atomic E-state index is 0. The molecule has 2 heterocycles. The van der Waals surface area contributed by atoms with Gasteiger partial charge in [0.05, 0.1) is 13.2 Å². The summed E-state index contributed by atoms with van der Waals surface area (Å²) in [5, 5.41) is 6.43. The number of nitrogens with one attached hydrogen (secondary N) is 2. The molecule has 1 aromatic carbocycles. The molecule has 1 fully saturated rings. The van der Waals surface area contributed by atoms with Crippen LogP contribution < -0.4 is 20.1 Å². The minimum absolute atomic E-state index is 0. The van der Waals surface area contributed by atoms with E-state index in [-0.39, 0.29) is 18.3 Å². The number of fused-ring (bicyclic) bond motifs is 1. The fourth-order valence-electron chi connectivity index (χ4n) is 2.76. The number of carbonyl (C=O) groups excluding carboxylic acids is 1. The number of ether oxygens (including phenoxy) is 2. The highest BCUT2D eigenvalue weighted by Crippen LogP contribution is 2.33. The van der Waals surface area contributed by atoms with E-state index in [9.17, 15) is 4.79 Å². The van der Waals surface area contributed by atoms with Crippen LogP contribution in [0.1, 0.15) is 25.7 Å². The van der Waals surface area contributed by atoms with Gasteiger partial charge in [0.1, 0.15) is 0 Å². The number of benzene rings is 1. The van der Waals surface area contributed by atoms with E-state index in [2.05, 4.69) is 10.6 Å². The second-order valence-electron chi connectivity index (χ2n) is 5.85. The van der Waals surface area contributed by atoms with E-state index in [0.29, 0.717) is 25.7 Å². The smallest absolute Gasteiger partial charge is 0.221 e. The van der Waals surface area contributed by atoms with Crippen molar-refractivity contribution in [1.82, 2.24) is 10.6 Å². The van der Waals surface area contributed by atoms with Gasteiger partial charge in [-0.15, -0.1) is 24.2 Å². The second-order valence-corrected chi connectivity index (χ2v) is 7.02. The van der Waals surface area contributed by atoms with Crippen molar-refractivity contribution in [2.75, 3.05) is 32.1 Å². The third-order valence-corrected chi connectivity index (χ3v) is 5.02. The van der Waals surface area contributed by atoms with Crippen LogP contribution in [0, 0.1) is 0 Å². The van der Waals surface area contributed by atoms with Gasteiger partial charge in [-0.2, -0.15) is 0 Å². The highest BCUT2D eigenvalue weighted by atomic mass is 35.5. The molecule has 1 amide bonds. The highest BCUT2D eigenvalue weighted by molar-refractivity contribution is 7.99. The maximum atomic E-state index is 12.0. The van der Waals surface area contributed by atoms with E-state index in [4.69, 9.17) is 9.47 Å². The summed E-state index contributed by atoms with van der Waals surface area (Å²) in [5.74, 6) is 2.55. The van der Waals surface area contributed by atoms with Crippen LogP contribution >= 0.6 is 24.2 Å². The van der Waals surface area contributed by atoms with E-state index in [1.807, 2.05) is 18.2 Å². The lowest BCUT2D eigenvalue weighted by molar-refractivity contribution is -0.121. The second kappa shape index (κ2) is 10.0. The Kier molecular flexibility index (Phi) is 8.02. The van der Waals surface area contributed by atoms with E-state index >= 15 is 0 Å². The molecule has 0 aliphatic carbocycles. The summed E-state index contributed by atoms with van der Waals surface area (Å²) >= 11 is 1.68. The molecule has 7 heteroatoms. The quantitative estimate of drug-likeness (QED) is 0.778. The molecule has 0 atom stereocenters. The first kappa shape index (κ1) is 19.2. The zero-order valence-corrected chi connectivity index (χ0v) is 15.3. The maximum Gasteiger partial charge on any atom is 0.221 e. The molecule has 0 bridgehead atoms. The number of piperidine rings is 1. The van der Waals surface area contributed by atoms with Crippen LogP contribution in [0.4, 0.5) is 0 Å². The largest absolute Gasteiger partial charge is 0.490 e. The van der Waals surface area contributed by atoms with Crippen LogP contribution in [0.3, 0.4) is 0 Å². The number of rotatable bonds is 5. The molecule has 1 aromatic rings. The molecule has 24 heavy (non-hydrogen) atoms. The lowest BCUT2D eigenvalue weighted by atomic mass is 10.1. The van der Waals surface area contributed by atoms with Crippen LogP contribution in [-0.2, 0) is 4.79 Å². The normalized spacial score (nSPS) is 17.5. The predicted octanol–water partition coefficient (Wildman–Crippen LogP) is 2.62. The predicted molar refractivity (Wildman–Crippen MR) is 98.7 cm³/mol. The van der Waals surface area contributed by atoms with E-state index in [1.165, 1.54) is 0 Å². The van der Waals surface area contributed by atoms with E-state index < -0.39 is 0 Å². The van der Waals surface area contributed by atoms with Gasteiger partial charge in [0.2, 0.25) is 5.91 Å². The van der Waals surface area contributed by atoms with Gasteiger partial charge in [0.15, 0.2) is 11.5 Å². The third kappa shape index (κ3) is 5.76. The Hall–Kier alpha value is -1.11. The lowest BCUT2D eigenvalue weighted by Crippen LogP contribution is -2.42. The molecule has 2 aliphatic heterocycles. The number of halogens is 1.